The summed E-state index contributed by atoms with van der Waals surface area (Å²) in [5.41, 5.74) is 1.39. The monoisotopic (exact) mass is 361 g/mol. The van der Waals surface area contributed by atoms with Crippen molar-refractivity contribution < 1.29 is 14.3 Å². The van der Waals surface area contributed by atoms with Gasteiger partial charge in [0.15, 0.2) is 0 Å². The van der Waals surface area contributed by atoms with Gasteiger partial charge in [-0.2, -0.15) is 5.10 Å². The Bertz CT molecular complexity index is 774. The molecule has 0 aliphatic carbocycles. The lowest BCUT2D eigenvalue weighted by Crippen LogP contribution is -2.48. The highest BCUT2D eigenvalue weighted by Crippen LogP contribution is 2.21. The van der Waals surface area contributed by atoms with Crippen LogP contribution in [0.25, 0.3) is 0 Å². The van der Waals surface area contributed by atoms with Crippen LogP contribution in [0.3, 0.4) is 0 Å². The van der Waals surface area contributed by atoms with Crippen molar-refractivity contribution in [2.75, 3.05) is 13.7 Å². The summed E-state index contributed by atoms with van der Waals surface area (Å²) in [6.45, 7) is 1.03. The van der Waals surface area contributed by atoms with E-state index in [4.69, 9.17) is 16.3 Å². The van der Waals surface area contributed by atoms with Gasteiger partial charge < -0.3 is 9.64 Å². The summed E-state index contributed by atoms with van der Waals surface area (Å²) in [7, 11) is 1.35. The number of likely N-dealkylation sites (tertiary alicyclic amines) is 1. The molecule has 7 heteroatoms. The third kappa shape index (κ3) is 3.85. The number of esters is 1. The lowest BCUT2D eigenvalue weighted by atomic mass is 10.0. The second kappa shape index (κ2) is 7.70. The highest BCUT2D eigenvalue weighted by molar-refractivity contribution is 6.31. The number of halogens is 1. The first-order valence-corrected chi connectivity index (χ1v) is 8.62. The first-order chi connectivity index (χ1) is 12.1. The Labute approximate surface area is 151 Å². The van der Waals surface area contributed by atoms with E-state index in [0.717, 1.165) is 18.4 Å². The number of methoxy groups -OCH3 is 1. The molecule has 0 spiro atoms. The van der Waals surface area contributed by atoms with Crippen LogP contribution in [0.5, 0.6) is 0 Å². The number of benzene rings is 1. The molecular weight excluding hydrogens is 342 g/mol. The Morgan fingerprint density at radius 3 is 2.88 bits per heavy atom. The van der Waals surface area contributed by atoms with Crippen LogP contribution in [0.2, 0.25) is 5.02 Å². The predicted molar refractivity (Wildman–Crippen MR) is 93.5 cm³/mol. The van der Waals surface area contributed by atoms with Crippen molar-refractivity contribution in [2.24, 2.45) is 0 Å². The lowest BCUT2D eigenvalue weighted by molar-refractivity contribution is -0.147. The molecular formula is C18H20ClN3O3. The zero-order valence-corrected chi connectivity index (χ0v) is 14.8. The van der Waals surface area contributed by atoms with Gasteiger partial charge in [0.05, 0.1) is 25.4 Å². The number of hydrogen-bond donors (Lipinski definition) is 0. The van der Waals surface area contributed by atoms with E-state index >= 15 is 0 Å². The molecule has 0 saturated carbocycles. The van der Waals surface area contributed by atoms with E-state index in [-0.39, 0.29) is 11.9 Å². The fourth-order valence-electron chi connectivity index (χ4n) is 3.08. The number of aromatic nitrogens is 2. The minimum atomic E-state index is -0.516. The Morgan fingerprint density at radius 2 is 2.12 bits per heavy atom. The van der Waals surface area contributed by atoms with Crippen molar-refractivity contribution in [3.63, 3.8) is 0 Å². The summed E-state index contributed by atoms with van der Waals surface area (Å²) in [4.78, 5) is 26.3. The van der Waals surface area contributed by atoms with Gasteiger partial charge in [0.25, 0.3) is 5.91 Å². The molecule has 132 valence electrons. The Hall–Kier alpha value is -2.34. The van der Waals surface area contributed by atoms with E-state index in [1.165, 1.54) is 13.3 Å². The van der Waals surface area contributed by atoms with Crippen LogP contribution in [0, 0.1) is 0 Å². The molecule has 3 rings (SSSR count). The van der Waals surface area contributed by atoms with Crippen molar-refractivity contribution >= 4 is 23.5 Å². The number of ether oxygens (including phenoxy) is 1. The van der Waals surface area contributed by atoms with Crippen LogP contribution < -0.4 is 0 Å². The quantitative estimate of drug-likeness (QED) is 0.785. The maximum Gasteiger partial charge on any atom is 0.328 e. The number of carbonyl (C=O) groups excluding carboxylic acids is 2. The molecule has 2 aromatic rings. The smallest absolute Gasteiger partial charge is 0.328 e. The van der Waals surface area contributed by atoms with Crippen LogP contribution in [-0.4, -0.2) is 46.3 Å². The third-order valence-corrected chi connectivity index (χ3v) is 4.78. The predicted octanol–water partition coefficient (Wildman–Crippen LogP) is 2.75. The summed E-state index contributed by atoms with van der Waals surface area (Å²) >= 11 is 6.17. The van der Waals surface area contributed by atoms with E-state index in [0.29, 0.717) is 30.1 Å². The molecule has 0 radical (unpaired) electrons. The molecule has 25 heavy (non-hydrogen) atoms. The molecule has 2 heterocycles. The van der Waals surface area contributed by atoms with Gasteiger partial charge in [-0.3, -0.25) is 9.48 Å². The minimum Gasteiger partial charge on any atom is -0.467 e. The third-order valence-electron chi connectivity index (χ3n) is 4.41. The van der Waals surface area contributed by atoms with Crippen LogP contribution in [0.1, 0.15) is 35.2 Å². The molecule has 6 nitrogen and oxygen atoms in total. The van der Waals surface area contributed by atoms with Crippen molar-refractivity contribution in [1.82, 2.24) is 14.7 Å². The van der Waals surface area contributed by atoms with Gasteiger partial charge in [-0.1, -0.05) is 29.8 Å². The largest absolute Gasteiger partial charge is 0.467 e. The summed E-state index contributed by atoms with van der Waals surface area (Å²) in [5, 5.41) is 4.91. The molecule has 1 saturated heterocycles. The highest BCUT2D eigenvalue weighted by Gasteiger charge is 2.33. The van der Waals surface area contributed by atoms with E-state index in [1.54, 1.807) is 15.8 Å². The fourth-order valence-corrected chi connectivity index (χ4v) is 3.28. The summed E-state index contributed by atoms with van der Waals surface area (Å²) < 4.78 is 6.51. The van der Waals surface area contributed by atoms with Crippen molar-refractivity contribution in [3.05, 3.63) is 52.8 Å². The molecule has 1 aromatic carbocycles. The summed E-state index contributed by atoms with van der Waals surface area (Å²) in [6.07, 6.45) is 5.64. The zero-order valence-electron chi connectivity index (χ0n) is 14.0. The van der Waals surface area contributed by atoms with Gasteiger partial charge in [-0.15, -0.1) is 0 Å². The van der Waals surface area contributed by atoms with Gasteiger partial charge in [-0.25, -0.2) is 4.79 Å². The first kappa shape index (κ1) is 17.5. The topological polar surface area (TPSA) is 64.4 Å². The Balaban J connectivity index is 1.75. The normalized spacial score (nSPS) is 17.4. The summed E-state index contributed by atoms with van der Waals surface area (Å²) in [6, 6.07) is 7.00. The molecule has 1 aromatic heterocycles. The number of carbonyl (C=O) groups is 2. The lowest BCUT2D eigenvalue weighted by Gasteiger charge is -2.33. The summed E-state index contributed by atoms with van der Waals surface area (Å²) in [5.74, 6) is -0.558. The standard InChI is InChI=1S/C18H20ClN3O3/c1-25-18(24)16-8-4-5-9-22(16)17(23)14-10-20-21(12-14)11-13-6-2-3-7-15(13)19/h2-3,6-7,10,12,16H,4-5,8-9,11H2,1H3. The molecule has 1 unspecified atom stereocenters. The molecule has 1 amide bonds. The molecule has 1 fully saturated rings. The number of nitrogens with zero attached hydrogens (tertiary/aromatic N) is 3. The molecule has 0 N–H and O–H groups in total. The van der Waals surface area contributed by atoms with E-state index in [1.807, 2.05) is 24.3 Å². The van der Waals surface area contributed by atoms with Gasteiger partial charge in [0.1, 0.15) is 6.04 Å². The second-order valence-corrected chi connectivity index (χ2v) is 6.46. The van der Waals surface area contributed by atoms with Crippen molar-refractivity contribution in [3.8, 4) is 0 Å². The maximum atomic E-state index is 12.8. The Kier molecular flexibility index (Phi) is 5.38. The molecule has 1 aliphatic rings. The average molecular weight is 362 g/mol. The maximum absolute atomic E-state index is 12.8. The zero-order chi connectivity index (χ0) is 17.8. The van der Waals surface area contributed by atoms with Crippen molar-refractivity contribution in [2.45, 2.75) is 31.8 Å². The molecule has 1 atom stereocenters. The van der Waals surface area contributed by atoms with Crippen molar-refractivity contribution in [1.29, 1.82) is 0 Å². The first-order valence-electron chi connectivity index (χ1n) is 8.25. The van der Waals surface area contributed by atoms with Gasteiger partial charge in [0.2, 0.25) is 0 Å². The van der Waals surface area contributed by atoms with E-state index in [2.05, 4.69) is 5.10 Å². The van der Waals surface area contributed by atoms with Gasteiger partial charge >= 0.3 is 5.97 Å². The highest BCUT2D eigenvalue weighted by atomic mass is 35.5. The average Bonchev–Trinajstić information content (AvgIpc) is 3.11. The fraction of sp³-hybridized carbons (Fsp3) is 0.389. The van der Waals surface area contributed by atoms with Crippen LogP contribution in [0.15, 0.2) is 36.7 Å². The molecule has 1 aliphatic heterocycles. The Morgan fingerprint density at radius 1 is 1.32 bits per heavy atom. The van der Waals surface area contributed by atoms with Gasteiger partial charge in [-0.05, 0) is 30.9 Å². The number of amides is 1. The SMILES string of the molecule is COC(=O)C1CCCCN1C(=O)c1cnn(Cc2ccccc2Cl)c1. The van der Waals surface area contributed by atoms with Crippen LogP contribution >= 0.6 is 11.6 Å². The van der Waals surface area contributed by atoms with E-state index < -0.39 is 6.04 Å². The minimum absolute atomic E-state index is 0.194. The van der Waals surface area contributed by atoms with Crippen LogP contribution in [-0.2, 0) is 16.1 Å². The molecule has 0 bridgehead atoms. The van der Waals surface area contributed by atoms with E-state index in [9.17, 15) is 9.59 Å². The van der Waals surface area contributed by atoms with Gasteiger partial charge in [0, 0.05) is 17.8 Å². The van der Waals surface area contributed by atoms with Crippen LogP contribution in [0.4, 0.5) is 0 Å². The number of hydrogen-bond acceptors (Lipinski definition) is 4. The second-order valence-electron chi connectivity index (χ2n) is 6.05. The number of rotatable bonds is 4. The number of piperidine rings is 1.